The summed E-state index contributed by atoms with van der Waals surface area (Å²) in [5, 5.41) is 30.8. The maximum Gasteiger partial charge on any atom is 0.328 e. The highest BCUT2D eigenvalue weighted by atomic mass is 16.5. The van der Waals surface area contributed by atoms with Crippen LogP contribution in [0.2, 0.25) is 0 Å². The Labute approximate surface area is 292 Å². The molecule has 4 N–H and O–H groups in total. The Hall–Kier alpha value is -4.50. The number of ether oxygens (including phenoxy) is 4. The molecule has 272 valence electrons. The van der Waals surface area contributed by atoms with E-state index in [2.05, 4.69) is 20.7 Å². The van der Waals surface area contributed by atoms with Crippen molar-refractivity contribution in [3.05, 3.63) is 53.2 Å². The van der Waals surface area contributed by atoms with Crippen LogP contribution in [0.4, 0.5) is 0 Å². The Balaban J connectivity index is 1.39. The lowest BCUT2D eigenvalue weighted by Gasteiger charge is -2.26. The Bertz CT molecular complexity index is 1580. The number of amides is 2. The van der Waals surface area contributed by atoms with Gasteiger partial charge in [-0.15, -0.1) is 0 Å². The summed E-state index contributed by atoms with van der Waals surface area (Å²) in [6, 6.07) is 9.91. The second kappa shape index (κ2) is 18.5. The zero-order valence-electron chi connectivity index (χ0n) is 29.3. The molecule has 14 nitrogen and oxygen atoms in total. The van der Waals surface area contributed by atoms with Gasteiger partial charge < -0.3 is 44.3 Å². The number of rotatable bonds is 17. The van der Waals surface area contributed by atoms with Gasteiger partial charge in [0.2, 0.25) is 5.91 Å². The summed E-state index contributed by atoms with van der Waals surface area (Å²) in [7, 11) is 1.26. The molecule has 0 bridgehead atoms. The van der Waals surface area contributed by atoms with Gasteiger partial charge in [0.05, 0.1) is 51.3 Å². The van der Waals surface area contributed by atoms with Gasteiger partial charge in [-0.1, -0.05) is 57.1 Å². The average molecular weight is 697 g/mol. The zero-order valence-corrected chi connectivity index (χ0v) is 29.3. The first kappa shape index (κ1) is 38.3. The van der Waals surface area contributed by atoms with Crippen LogP contribution in [0.1, 0.15) is 55.2 Å². The molecule has 0 spiro atoms. The third-order valence-corrected chi connectivity index (χ3v) is 8.25. The predicted octanol–water partition coefficient (Wildman–Crippen LogP) is 3.45. The van der Waals surface area contributed by atoms with Crippen LogP contribution in [-0.2, 0) is 35.1 Å². The molecule has 0 unspecified atom stereocenters. The van der Waals surface area contributed by atoms with Crippen LogP contribution in [0.3, 0.4) is 0 Å². The lowest BCUT2D eigenvalue weighted by molar-refractivity contribution is -0.147. The molecule has 1 aromatic heterocycles. The number of aromatic hydroxyl groups is 2. The quantitative estimate of drug-likeness (QED) is 0.119. The second-order valence-corrected chi connectivity index (χ2v) is 12.6. The van der Waals surface area contributed by atoms with Crippen LogP contribution in [0.5, 0.6) is 11.5 Å². The molecule has 3 aromatic rings. The molecule has 2 amide bonds. The van der Waals surface area contributed by atoms with Crippen LogP contribution < -0.4 is 10.6 Å². The fourth-order valence-electron chi connectivity index (χ4n) is 5.47. The number of aromatic nitrogens is 1. The minimum Gasteiger partial charge on any atom is -0.508 e. The summed E-state index contributed by atoms with van der Waals surface area (Å²) in [6.07, 6.45) is 0. The highest BCUT2D eigenvalue weighted by Crippen LogP contribution is 2.43. The van der Waals surface area contributed by atoms with Gasteiger partial charge in [-0.3, -0.25) is 14.5 Å². The first-order chi connectivity index (χ1) is 24.0. The van der Waals surface area contributed by atoms with E-state index in [-0.39, 0.29) is 67.8 Å². The first-order valence-corrected chi connectivity index (χ1v) is 16.8. The number of phenolic OH excluding ortho intramolecular Hbond substituents is 2. The summed E-state index contributed by atoms with van der Waals surface area (Å²) in [5.74, 6) is -1.73. The van der Waals surface area contributed by atoms with Gasteiger partial charge in [-0.25, -0.2) is 4.79 Å². The maximum atomic E-state index is 13.4. The number of benzene rings is 2. The number of morpholine rings is 1. The molecule has 2 aromatic carbocycles. The number of nitrogens with zero attached hydrogens (tertiary/aromatic N) is 2. The molecule has 1 aliphatic rings. The minimum atomic E-state index is -0.763. The van der Waals surface area contributed by atoms with Crippen molar-refractivity contribution in [2.45, 2.75) is 46.2 Å². The normalized spacial score (nSPS) is 14.1. The summed E-state index contributed by atoms with van der Waals surface area (Å²) in [4.78, 5) is 39.7. The standard InChI is InChI=1S/C36H48N4O10/c1-22(2)26-18-27(29(42)19-28(26)41)34-31(25-8-6-24(7-9-25)20-40-11-14-48-15-12-40)33(39-50-34)35(44)37-10-13-47-16-17-49-21-30(43)38-32(23(3)4)36(45)46-5/h6-9,18-19,22-23,32,41-42H,10-17,20-21H2,1-5H3,(H,37,44)(H,38,43)/t32-/m1/s1. The van der Waals surface area contributed by atoms with Gasteiger partial charge in [0.15, 0.2) is 11.5 Å². The molecule has 1 fully saturated rings. The molecule has 1 aliphatic heterocycles. The van der Waals surface area contributed by atoms with Gasteiger partial charge in [-0.2, -0.15) is 0 Å². The van der Waals surface area contributed by atoms with Gasteiger partial charge in [0.25, 0.3) is 5.91 Å². The molecule has 0 radical (unpaired) electrons. The Morgan fingerprint density at radius 2 is 1.66 bits per heavy atom. The summed E-state index contributed by atoms with van der Waals surface area (Å²) < 4.78 is 26.8. The van der Waals surface area contributed by atoms with E-state index in [4.69, 9.17) is 23.5 Å². The monoisotopic (exact) mass is 696 g/mol. The van der Waals surface area contributed by atoms with Gasteiger partial charge in [0.1, 0.15) is 24.1 Å². The minimum absolute atomic E-state index is 0.0282. The van der Waals surface area contributed by atoms with Crippen molar-refractivity contribution in [2.24, 2.45) is 5.92 Å². The van der Waals surface area contributed by atoms with E-state index in [0.29, 0.717) is 35.5 Å². The molecule has 2 heterocycles. The molecule has 0 aliphatic carbocycles. The number of hydrogen-bond acceptors (Lipinski definition) is 12. The first-order valence-electron chi connectivity index (χ1n) is 16.8. The number of methoxy groups -OCH3 is 1. The molecule has 0 saturated carbocycles. The van der Waals surface area contributed by atoms with Gasteiger partial charge in [0, 0.05) is 32.2 Å². The topological polar surface area (TPSA) is 182 Å². The van der Waals surface area contributed by atoms with Gasteiger partial charge in [-0.05, 0) is 34.6 Å². The largest absolute Gasteiger partial charge is 0.508 e. The van der Waals surface area contributed by atoms with E-state index >= 15 is 0 Å². The van der Waals surface area contributed by atoms with Crippen LogP contribution in [-0.4, -0.2) is 110 Å². The van der Waals surface area contributed by atoms with Crippen molar-refractivity contribution in [1.29, 1.82) is 0 Å². The number of carbonyl (C=O) groups excluding carboxylic acids is 3. The van der Waals surface area contributed by atoms with E-state index in [1.54, 1.807) is 19.9 Å². The molecule has 1 atom stereocenters. The Morgan fingerprint density at radius 1 is 0.960 bits per heavy atom. The number of nitrogens with one attached hydrogen (secondary N) is 2. The van der Waals surface area contributed by atoms with Crippen LogP contribution in [0.15, 0.2) is 40.9 Å². The molecular weight excluding hydrogens is 648 g/mol. The number of esters is 1. The van der Waals surface area contributed by atoms with Crippen molar-refractivity contribution in [3.8, 4) is 33.9 Å². The Morgan fingerprint density at radius 3 is 2.32 bits per heavy atom. The highest BCUT2D eigenvalue weighted by molar-refractivity contribution is 6.02. The van der Waals surface area contributed by atoms with E-state index in [0.717, 1.165) is 25.2 Å². The summed E-state index contributed by atoms with van der Waals surface area (Å²) in [6.45, 7) is 11.7. The molecule has 4 rings (SSSR count). The highest BCUT2D eigenvalue weighted by Gasteiger charge is 2.28. The summed E-state index contributed by atoms with van der Waals surface area (Å²) in [5.41, 5.74) is 3.09. The van der Waals surface area contributed by atoms with E-state index < -0.39 is 23.8 Å². The molecular formula is C36H48N4O10. The van der Waals surface area contributed by atoms with Crippen LogP contribution in [0.25, 0.3) is 22.5 Å². The number of phenols is 2. The molecule has 14 heteroatoms. The van der Waals surface area contributed by atoms with Crippen molar-refractivity contribution in [3.63, 3.8) is 0 Å². The lowest BCUT2D eigenvalue weighted by Crippen LogP contribution is -2.46. The van der Waals surface area contributed by atoms with Crippen molar-refractivity contribution >= 4 is 17.8 Å². The van der Waals surface area contributed by atoms with Gasteiger partial charge >= 0.3 is 5.97 Å². The Kier molecular flexibility index (Phi) is 14.2. The van der Waals surface area contributed by atoms with E-state index in [1.807, 2.05) is 38.1 Å². The maximum absolute atomic E-state index is 13.4. The van der Waals surface area contributed by atoms with E-state index in [9.17, 15) is 24.6 Å². The average Bonchev–Trinajstić information content (AvgIpc) is 3.53. The van der Waals surface area contributed by atoms with Crippen molar-refractivity contribution < 1.29 is 48.1 Å². The second-order valence-electron chi connectivity index (χ2n) is 12.6. The SMILES string of the molecule is COC(=O)[C@H](NC(=O)COCCOCCNC(=O)c1noc(-c2cc(C(C)C)c(O)cc2O)c1-c1ccc(CN2CCOCC2)cc1)C(C)C. The molecule has 50 heavy (non-hydrogen) atoms. The van der Waals surface area contributed by atoms with Crippen molar-refractivity contribution in [2.75, 3.05) is 66.4 Å². The zero-order chi connectivity index (χ0) is 36.2. The van der Waals surface area contributed by atoms with Crippen molar-refractivity contribution in [1.82, 2.24) is 20.7 Å². The molecule has 1 saturated heterocycles. The third kappa shape index (κ3) is 10.3. The third-order valence-electron chi connectivity index (χ3n) is 8.25. The number of hydrogen-bond donors (Lipinski definition) is 4. The van der Waals surface area contributed by atoms with Crippen LogP contribution >= 0.6 is 0 Å². The fourth-order valence-corrected chi connectivity index (χ4v) is 5.47. The number of carbonyl (C=O) groups is 3. The van der Waals surface area contributed by atoms with E-state index in [1.165, 1.54) is 13.2 Å². The predicted molar refractivity (Wildman–Crippen MR) is 184 cm³/mol. The van der Waals surface area contributed by atoms with Crippen LogP contribution in [0, 0.1) is 5.92 Å². The smallest absolute Gasteiger partial charge is 0.328 e. The summed E-state index contributed by atoms with van der Waals surface area (Å²) >= 11 is 0. The fraction of sp³-hybridized carbons (Fsp3) is 0.500. The lowest BCUT2D eigenvalue weighted by atomic mass is 9.94.